The van der Waals surface area contributed by atoms with Gasteiger partial charge in [-0.05, 0) is 37.1 Å². The molecule has 0 radical (unpaired) electrons. The zero-order valence-corrected chi connectivity index (χ0v) is 13.7. The molecule has 1 aliphatic carbocycles. The van der Waals surface area contributed by atoms with Gasteiger partial charge in [-0.25, -0.2) is 13.2 Å². The van der Waals surface area contributed by atoms with Gasteiger partial charge in [-0.15, -0.1) is 0 Å². The standard InChI is InChI=1S/C15H19ClN2O3S/c16-11-5-7-13(8-6-11)22(20,21)14-9-18(10-14)15(19)17-12-3-1-2-4-12/h5-8,12,14H,1-4,9-10H2,(H,17,19). The van der Waals surface area contributed by atoms with E-state index in [2.05, 4.69) is 5.32 Å². The van der Waals surface area contributed by atoms with Crippen LogP contribution in [0.3, 0.4) is 0 Å². The molecule has 5 nitrogen and oxygen atoms in total. The van der Waals surface area contributed by atoms with Crippen molar-refractivity contribution in [2.45, 2.75) is 41.9 Å². The highest BCUT2D eigenvalue weighted by molar-refractivity contribution is 7.92. The van der Waals surface area contributed by atoms with Gasteiger partial charge >= 0.3 is 6.03 Å². The molecule has 3 rings (SSSR count). The second-order valence-electron chi connectivity index (χ2n) is 5.96. The molecule has 7 heteroatoms. The van der Waals surface area contributed by atoms with Crippen LogP contribution in [-0.2, 0) is 9.84 Å². The van der Waals surface area contributed by atoms with E-state index in [1.165, 1.54) is 12.1 Å². The van der Waals surface area contributed by atoms with Gasteiger partial charge in [0.25, 0.3) is 0 Å². The molecule has 1 saturated heterocycles. The number of amides is 2. The second-order valence-corrected chi connectivity index (χ2v) is 8.62. The average Bonchev–Trinajstić information content (AvgIpc) is 2.90. The number of likely N-dealkylation sites (tertiary alicyclic amines) is 1. The first-order valence-electron chi connectivity index (χ1n) is 7.52. The number of benzene rings is 1. The van der Waals surface area contributed by atoms with Gasteiger partial charge in [0, 0.05) is 24.2 Å². The normalized spacial score (nSPS) is 20.0. The van der Waals surface area contributed by atoms with Gasteiger partial charge in [-0.1, -0.05) is 24.4 Å². The Balaban J connectivity index is 1.57. The molecule has 0 unspecified atom stereocenters. The van der Waals surface area contributed by atoms with Crippen molar-refractivity contribution in [1.82, 2.24) is 10.2 Å². The summed E-state index contributed by atoms with van der Waals surface area (Å²) in [6.07, 6.45) is 4.34. The number of nitrogens with zero attached hydrogens (tertiary/aromatic N) is 1. The number of carbonyl (C=O) groups is 1. The van der Waals surface area contributed by atoms with Gasteiger partial charge in [0.15, 0.2) is 9.84 Å². The lowest BCUT2D eigenvalue weighted by atomic mass is 10.2. The molecule has 2 fully saturated rings. The maximum Gasteiger partial charge on any atom is 0.317 e. The van der Waals surface area contributed by atoms with E-state index in [0.717, 1.165) is 25.7 Å². The summed E-state index contributed by atoms with van der Waals surface area (Å²) in [5.41, 5.74) is 0. The highest BCUT2D eigenvalue weighted by Gasteiger charge is 2.41. The number of nitrogens with one attached hydrogen (secondary N) is 1. The van der Waals surface area contributed by atoms with E-state index in [9.17, 15) is 13.2 Å². The summed E-state index contributed by atoms with van der Waals surface area (Å²) in [6.45, 7) is 0.507. The average molecular weight is 343 g/mol. The van der Waals surface area contributed by atoms with E-state index in [-0.39, 0.29) is 30.1 Å². The Bertz CT molecular complexity index is 648. The Morgan fingerprint density at radius 3 is 2.32 bits per heavy atom. The first-order valence-corrected chi connectivity index (χ1v) is 9.44. The molecule has 1 heterocycles. The van der Waals surface area contributed by atoms with Crippen LogP contribution in [0.2, 0.25) is 5.02 Å². The minimum Gasteiger partial charge on any atom is -0.335 e. The van der Waals surface area contributed by atoms with Crippen LogP contribution in [0, 0.1) is 0 Å². The summed E-state index contributed by atoms with van der Waals surface area (Å²) < 4.78 is 24.9. The third kappa shape index (κ3) is 3.08. The fraction of sp³-hybridized carbons (Fsp3) is 0.533. The number of hydrogen-bond acceptors (Lipinski definition) is 3. The maximum atomic E-state index is 12.4. The molecule has 1 N–H and O–H groups in total. The van der Waals surface area contributed by atoms with Crippen molar-refractivity contribution < 1.29 is 13.2 Å². The minimum atomic E-state index is -3.39. The number of urea groups is 1. The summed E-state index contributed by atoms with van der Waals surface area (Å²) in [6, 6.07) is 6.27. The van der Waals surface area contributed by atoms with E-state index in [4.69, 9.17) is 11.6 Å². The smallest absolute Gasteiger partial charge is 0.317 e. The van der Waals surface area contributed by atoms with Gasteiger partial charge in [0.2, 0.25) is 0 Å². The van der Waals surface area contributed by atoms with Crippen LogP contribution in [-0.4, -0.2) is 43.7 Å². The fourth-order valence-electron chi connectivity index (χ4n) is 2.95. The number of hydrogen-bond donors (Lipinski definition) is 1. The van der Waals surface area contributed by atoms with Gasteiger partial charge in [-0.2, -0.15) is 0 Å². The first kappa shape index (κ1) is 15.6. The predicted octanol–water partition coefficient (Wildman–Crippen LogP) is 2.45. The number of halogens is 1. The number of rotatable bonds is 3. The van der Waals surface area contributed by atoms with Crippen LogP contribution in [0.25, 0.3) is 0 Å². The topological polar surface area (TPSA) is 66.5 Å². The minimum absolute atomic E-state index is 0.144. The van der Waals surface area contributed by atoms with Gasteiger partial charge < -0.3 is 10.2 Å². The molecule has 0 bridgehead atoms. The molecule has 22 heavy (non-hydrogen) atoms. The van der Waals surface area contributed by atoms with E-state index >= 15 is 0 Å². The largest absolute Gasteiger partial charge is 0.335 e. The Morgan fingerprint density at radius 1 is 1.14 bits per heavy atom. The molecule has 1 aliphatic heterocycles. The Labute approximate surface area is 135 Å². The molecular weight excluding hydrogens is 324 g/mol. The Hall–Kier alpha value is -1.27. The summed E-state index contributed by atoms with van der Waals surface area (Å²) >= 11 is 5.78. The number of sulfone groups is 1. The zero-order valence-electron chi connectivity index (χ0n) is 12.2. The quantitative estimate of drug-likeness (QED) is 0.917. The third-order valence-electron chi connectivity index (χ3n) is 4.40. The van der Waals surface area contributed by atoms with E-state index < -0.39 is 15.1 Å². The van der Waals surface area contributed by atoms with Crippen LogP contribution in [0.1, 0.15) is 25.7 Å². The van der Waals surface area contributed by atoms with Gasteiger partial charge in [0.05, 0.1) is 4.90 Å². The van der Waals surface area contributed by atoms with Crippen molar-refractivity contribution in [2.75, 3.05) is 13.1 Å². The van der Waals surface area contributed by atoms with E-state index in [1.54, 1.807) is 17.0 Å². The van der Waals surface area contributed by atoms with Crippen molar-refractivity contribution in [3.05, 3.63) is 29.3 Å². The summed E-state index contributed by atoms with van der Waals surface area (Å²) in [7, 11) is -3.39. The summed E-state index contributed by atoms with van der Waals surface area (Å²) in [5.74, 6) is 0. The van der Waals surface area contributed by atoms with Gasteiger partial charge in [0.1, 0.15) is 5.25 Å². The summed E-state index contributed by atoms with van der Waals surface area (Å²) in [5, 5.41) is 2.95. The Morgan fingerprint density at radius 2 is 1.73 bits per heavy atom. The van der Waals surface area contributed by atoms with Gasteiger partial charge in [-0.3, -0.25) is 0 Å². The van der Waals surface area contributed by atoms with Crippen molar-refractivity contribution in [3.63, 3.8) is 0 Å². The number of carbonyl (C=O) groups excluding carboxylic acids is 1. The molecule has 2 aliphatic rings. The molecule has 0 atom stereocenters. The molecule has 0 aromatic heterocycles. The lowest BCUT2D eigenvalue weighted by molar-refractivity contribution is 0.165. The van der Waals surface area contributed by atoms with Crippen LogP contribution < -0.4 is 5.32 Å². The lowest BCUT2D eigenvalue weighted by Crippen LogP contribution is -2.60. The van der Waals surface area contributed by atoms with E-state index in [1.807, 2.05) is 0 Å². The van der Waals surface area contributed by atoms with Crippen LogP contribution in [0.15, 0.2) is 29.2 Å². The fourth-order valence-corrected chi connectivity index (χ4v) is 4.73. The first-order chi connectivity index (χ1) is 10.5. The molecule has 120 valence electrons. The van der Waals surface area contributed by atoms with Crippen molar-refractivity contribution >= 4 is 27.5 Å². The van der Waals surface area contributed by atoms with Crippen molar-refractivity contribution in [1.29, 1.82) is 0 Å². The SMILES string of the molecule is O=C(NC1CCCC1)N1CC(S(=O)(=O)c2ccc(Cl)cc2)C1. The molecule has 1 aromatic carbocycles. The lowest BCUT2D eigenvalue weighted by Gasteiger charge is -2.39. The van der Waals surface area contributed by atoms with Crippen molar-refractivity contribution in [2.24, 2.45) is 0 Å². The monoisotopic (exact) mass is 342 g/mol. The zero-order chi connectivity index (χ0) is 15.7. The predicted molar refractivity (Wildman–Crippen MR) is 84.8 cm³/mol. The molecule has 2 amide bonds. The third-order valence-corrected chi connectivity index (χ3v) is 6.76. The Kier molecular flexibility index (Phi) is 4.32. The maximum absolute atomic E-state index is 12.4. The van der Waals surface area contributed by atoms with Crippen LogP contribution >= 0.6 is 11.6 Å². The second kappa shape index (κ2) is 6.08. The van der Waals surface area contributed by atoms with Crippen LogP contribution in [0.4, 0.5) is 4.79 Å². The van der Waals surface area contributed by atoms with Crippen molar-refractivity contribution in [3.8, 4) is 0 Å². The summed E-state index contributed by atoms with van der Waals surface area (Å²) in [4.78, 5) is 13.9. The molecule has 0 spiro atoms. The highest BCUT2D eigenvalue weighted by Crippen LogP contribution is 2.25. The molecule has 1 saturated carbocycles. The van der Waals surface area contributed by atoms with Crippen LogP contribution in [0.5, 0.6) is 0 Å². The van der Waals surface area contributed by atoms with E-state index in [0.29, 0.717) is 5.02 Å². The highest BCUT2D eigenvalue weighted by atomic mass is 35.5. The molecule has 1 aromatic rings. The molecular formula is C15H19ClN2O3S.